The Kier molecular flexibility index (Phi) is 10.0. The summed E-state index contributed by atoms with van der Waals surface area (Å²) in [6.07, 6.45) is -0.605. The predicted molar refractivity (Wildman–Crippen MR) is 147 cm³/mol. The van der Waals surface area contributed by atoms with Crippen LogP contribution in [0.5, 0.6) is 0 Å². The van der Waals surface area contributed by atoms with Crippen molar-refractivity contribution in [2.24, 2.45) is 7.05 Å². The standard InChI is InChI=1S/C29H33F3N4O5/c1-3-4-13-41-26(37)11-14-39-16-17-40-15-12-33-28(38)20-5-10-25-23(18-20)24-19-35(2)34-27(24)36(25)22-8-6-21(7-9-22)29(30,31)32/h5-10,18-19H,3-4,11-17H2,1-2H3,(H,33,38). The molecule has 0 aliphatic carbocycles. The Morgan fingerprint density at radius 2 is 1.68 bits per heavy atom. The number of ether oxygens (including phenoxy) is 3. The molecule has 12 heteroatoms. The minimum absolute atomic E-state index is 0.198. The molecular formula is C29H33F3N4O5. The third kappa shape index (κ3) is 7.65. The molecule has 220 valence electrons. The van der Waals surface area contributed by atoms with Gasteiger partial charge in [0, 0.05) is 41.8 Å². The van der Waals surface area contributed by atoms with E-state index in [1.807, 2.05) is 13.1 Å². The van der Waals surface area contributed by atoms with Gasteiger partial charge < -0.3 is 19.5 Å². The van der Waals surface area contributed by atoms with Gasteiger partial charge in [0.15, 0.2) is 5.65 Å². The largest absolute Gasteiger partial charge is 0.466 e. The molecule has 0 unspecified atom stereocenters. The van der Waals surface area contributed by atoms with Crippen LogP contribution in [0.15, 0.2) is 48.7 Å². The van der Waals surface area contributed by atoms with E-state index in [-0.39, 0.29) is 38.1 Å². The number of nitrogens with zero attached hydrogens (tertiary/aromatic N) is 3. The number of aromatic nitrogens is 3. The second-order valence-corrected chi connectivity index (χ2v) is 9.46. The van der Waals surface area contributed by atoms with Crippen molar-refractivity contribution in [2.75, 3.05) is 39.6 Å². The normalized spacial score (nSPS) is 11.8. The zero-order valence-corrected chi connectivity index (χ0v) is 23.0. The summed E-state index contributed by atoms with van der Waals surface area (Å²) in [6, 6.07) is 10.1. The summed E-state index contributed by atoms with van der Waals surface area (Å²) in [7, 11) is 1.76. The van der Waals surface area contributed by atoms with E-state index in [0.29, 0.717) is 36.7 Å². The monoisotopic (exact) mass is 574 g/mol. The summed E-state index contributed by atoms with van der Waals surface area (Å²) in [5, 5.41) is 8.84. The van der Waals surface area contributed by atoms with E-state index in [2.05, 4.69) is 10.4 Å². The average Bonchev–Trinajstić information content (AvgIpc) is 3.46. The highest BCUT2D eigenvalue weighted by Gasteiger charge is 2.30. The zero-order valence-electron chi connectivity index (χ0n) is 23.0. The summed E-state index contributed by atoms with van der Waals surface area (Å²) in [5.74, 6) is -0.562. The maximum Gasteiger partial charge on any atom is 0.416 e. The van der Waals surface area contributed by atoms with Crippen LogP contribution in [0.3, 0.4) is 0 Å². The van der Waals surface area contributed by atoms with Crippen LogP contribution in [0, 0.1) is 0 Å². The lowest BCUT2D eigenvalue weighted by atomic mass is 10.1. The van der Waals surface area contributed by atoms with Gasteiger partial charge in [0.2, 0.25) is 0 Å². The van der Waals surface area contributed by atoms with Crippen LogP contribution in [0.2, 0.25) is 0 Å². The molecule has 1 amide bonds. The lowest BCUT2D eigenvalue weighted by Gasteiger charge is -2.10. The first-order valence-corrected chi connectivity index (χ1v) is 13.4. The second-order valence-electron chi connectivity index (χ2n) is 9.46. The van der Waals surface area contributed by atoms with Crippen LogP contribution in [0.4, 0.5) is 13.2 Å². The number of carbonyl (C=O) groups excluding carboxylic acids is 2. The Bertz CT molecular complexity index is 1480. The number of alkyl halides is 3. The number of esters is 1. The summed E-state index contributed by atoms with van der Waals surface area (Å²) in [5.41, 5.74) is 1.52. The molecule has 1 N–H and O–H groups in total. The molecule has 0 spiro atoms. The molecule has 2 aromatic carbocycles. The first-order valence-electron chi connectivity index (χ1n) is 13.4. The van der Waals surface area contributed by atoms with Crippen molar-refractivity contribution in [3.8, 4) is 5.69 Å². The fourth-order valence-corrected chi connectivity index (χ4v) is 4.31. The van der Waals surface area contributed by atoms with Gasteiger partial charge in [0.1, 0.15) is 0 Å². The summed E-state index contributed by atoms with van der Waals surface area (Å²) in [6.45, 7) is 3.94. The van der Waals surface area contributed by atoms with Crippen LogP contribution in [0.25, 0.3) is 27.6 Å². The molecule has 0 radical (unpaired) electrons. The third-order valence-electron chi connectivity index (χ3n) is 6.38. The van der Waals surface area contributed by atoms with Crippen LogP contribution >= 0.6 is 0 Å². The summed E-state index contributed by atoms with van der Waals surface area (Å²) < 4.78 is 58.5. The molecule has 4 rings (SSSR count). The lowest BCUT2D eigenvalue weighted by Crippen LogP contribution is -2.27. The Morgan fingerprint density at radius 3 is 2.39 bits per heavy atom. The SMILES string of the molecule is CCCCOC(=O)CCOCCOCCNC(=O)c1ccc2c(c1)c1cn(C)nc1n2-c1ccc(C(F)(F)F)cc1. The van der Waals surface area contributed by atoms with Crippen molar-refractivity contribution in [3.05, 3.63) is 59.8 Å². The number of carbonyl (C=O) groups is 2. The molecule has 0 aliphatic rings. The van der Waals surface area contributed by atoms with Crippen molar-refractivity contribution in [2.45, 2.75) is 32.4 Å². The van der Waals surface area contributed by atoms with Crippen molar-refractivity contribution in [1.29, 1.82) is 0 Å². The number of hydrogen-bond donors (Lipinski definition) is 1. The molecule has 41 heavy (non-hydrogen) atoms. The average molecular weight is 575 g/mol. The van der Waals surface area contributed by atoms with Crippen LogP contribution in [0.1, 0.15) is 42.1 Å². The van der Waals surface area contributed by atoms with Gasteiger partial charge in [0.25, 0.3) is 5.91 Å². The molecule has 2 heterocycles. The molecule has 0 saturated heterocycles. The first kappa shape index (κ1) is 30.1. The highest BCUT2D eigenvalue weighted by molar-refractivity contribution is 6.10. The van der Waals surface area contributed by atoms with Crippen molar-refractivity contribution < 1.29 is 37.0 Å². The molecule has 0 fully saturated rings. The van der Waals surface area contributed by atoms with Gasteiger partial charge in [-0.2, -0.15) is 18.3 Å². The molecule has 0 atom stereocenters. The number of benzene rings is 2. The zero-order chi connectivity index (χ0) is 29.4. The second kappa shape index (κ2) is 13.6. The Morgan fingerprint density at radius 1 is 0.951 bits per heavy atom. The van der Waals surface area contributed by atoms with Crippen LogP contribution in [-0.4, -0.2) is 65.8 Å². The predicted octanol–water partition coefficient (Wildman–Crippen LogP) is 5.03. The van der Waals surface area contributed by atoms with E-state index >= 15 is 0 Å². The van der Waals surface area contributed by atoms with Crippen LogP contribution in [-0.2, 0) is 32.2 Å². The molecule has 2 aromatic heterocycles. The highest BCUT2D eigenvalue weighted by atomic mass is 19.4. The molecule has 0 bridgehead atoms. The highest BCUT2D eigenvalue weighted by Crippen LogP contribution is 2.34. The summed E-state index contributed by atoms with van der Waals surface area (Å²) in [4.78, 5) is 24.3. The van der Waals surface area contributed by atoms with E-state index in [1.54, 1.807) is 34.5 Å². The maximum atomic E-state index is 13.1. The molecule has 4 aromatic rings. The molecule has 0 aliphatic heterocycles. The topological polar surface area (TPSA) is 96.6 Å². The number of nitrogens with one attached hydrogen (secondary N) is 1. The first-order chi connectivity index (χ1) is 19.7. The lowest BCUT2D eigenvalue weighted by molar-refractivity contribution is -0.145. The van der Waals surface area contributed by atoms with Gasteiger partial charge in [-0.1, -0.05) is 13.3 Å². The number of hydrogen-bond acceptors (Lipinski definition) is 6. The quantitative estimate of drug-likeness (QED) is 0.168. The minimum atomic E-state index is -4.43. The molecule has 0 saturated carbocycles. The van der Waals surface area contributed by atoms with Gasteiger partial charge >= 0.3 is 12.1 Å². The fourth-order valence-electron chi connectivity index (χ4n) is 4.31. The fraction of sp³-hybridized carbons (Fsp3) is 0.414. The van der Waals surface area contributed by atoms with Crippen molar-refractivity contribution in [3.63, 3.8) is 0 Å². The number of unbranched alkanes of at least 4 members (excludes halogenated alkanes) is 1. The van der Waals surface area contributed by atoms with Crippen molar-refractivity contribution >= 4 is 33.8 Å². The Labute approximate surface area is 235 Å². The maximum absolute atomic E-state index is 13.1. The smallest absolute Gasteiger partial charge is 0.416 e. The Hall–Kier alpha value is -3.90. The van der Waals surface area contributed by atoms with Gasteiger partial charge in [-0.3, -0.25) is 18.8 Å². The third-order valence-corrected chi connectivity index (χ3v) is 6.38. The van der Waals surface area contributed by atoms with E-state index in [4.69, 9.17) is 14.2 Å². The number of fused-ring (bicyclic) bond motifs is 3. The van der Waals surface area contributed by atoms with Crippen LogP contribution < -0.4 is 5.32 Å². The molecular weight excluding hydrogens is 541 g/mol. The van der Waals surface area contributed by atoms with Gasteiger partial charge in [0.05, 0.1) is 50.5 Å². The van der Waals surface area contributed by atoms with E-state index in [1.165, 1.54) is 12.1 Å². The van der Waals surface area contributed by atoms with Gasteiger partial charge in [-0.25, -0.2) is 0 Å². The number of halogens is 3. The van der Waals surface area contributed by atoms with E-state index in [0.717, 1.165) is 41.3 Å². The van der Waals surface area contributed by atoms with Crippen molar-refractivity contribution in [1.82, 2.24) is 19.7 Å². The van der Waals surface area contributed by atoms with E-state index < -0.39 is 11.7 Å². The minimum Gasteiger partial charge on any atom is -0.466 e. The summed E-state index contributed by atoms with van der Waals surface area (Å²) >= 11 is 0. The molecule has 9 nitrogen and oxygen atoms in total. The number of amides is 1. The van der Waals surface area contributed by atoms with E-state index in [9.17, 15) is 22.8 Å². The Balaban J connectivity index is 1.30. The number of aryl methyl sites for hydroxylation is 1. The van der Waals surface area contributed by atoms with Gasteiger partial charge in [-0.15, -0.1) is 0 Å². The van der Waals surface area contributed by atoms with Gasteiger partial charge in [-0.05, 0) is 48.9 Å². The number of rotatable bonds is 14.